The first-order valence-electron chi connectivity index (χ1n) is 14.9. The van der Waals surface area contributed by atoms with Gasteiger partial charge in [-0.05, 0) is 73.9 Å². The molecule has 2 amide bonds. The lowest BCUT2D eigenvalue weighted by molar-refractivity contribution is -0.138. The molecule has 0 saturated carbocycles. The van der Waals surface area contributed by atoms with E-state index in [4.69, 9.17) is 0 Å². The van der Waals surface area contributed by atoms with Gasteiger partial charge in [-0.3, -0.25) is 19.2 Å². The molecule has 3 atom stereocenters. The summed E-state index contributed by atoms with van der Waals surface area (Å²) in [5, 5.41) is 24.9. The van der Waals surface area contributed by atoms with Crippen molar-refractivity contribution in [2.45, 2.75) is 85.6 Å². The van der Waals surface area contributed by atoms with Gasteiger partial charge in [-0.1, -0.05) is 26.5 Å². The highest BCUT2D eigenvalue weighted by Gasteiger charge is 2.34. The number of nitrogens with one attached hydrogen (secondary N) is 4. The van der Waals surface area contributed by atoms with Crippen LogP contribution < -0.4 is 10.6 Å². The smallest absolute Gasteiger partial charge is 0.303 e. The average Bonchev–Trinajstić information content (AvgIpc) is 3.59. The number of carboxylic acids is 2. The second-order valence-electron chi connectivity index (χ2n) is 11.7. The molecule has 6 N–H and O–H groups in total. The van der Waals surface area contributed by atoms with Crippen molar-refractivity contribution in [3.05, 3.63) is 74.5 Å². The number of aromatic amines is 2. The van der Waals surface area contributed by atoms with Crippen molar-refractivity contribution in [1.29, 1.82) is 0 Å². The average molecular weight is 591 g/mol. The van der Waals surface area contributed by atoms with Crippen molar-refractivity contribution >= 4 is 29.8 Å². The Balaban J connectivity index is 1.74. The van der Waals surface area contributed by atoms with Gasteiger partial charge in [0.05, 0.1) is 6.04 Å². The van der Waals surface area contributed by atoms with E-state index in [-0.39, 0.29) is 42.5 Å². The number of rotatable bonds is 13. The Morgan fingerprint density at radius 2 is 1.53 bits per heavy atom. The fraction of sp³-hybridized carbons (Fsp3) is 0.455. The number of aromatic nitrogens is 2. The highest BCUT2D eigenvalue weighted by Crippen LogP contribution is 2.33. The van der Waals surface area contributed by atoms with E-state index in [0.717, 1.165) is 62.7 Å². The van der Waals surface area contributed by atoms with Gasteiger partial charge < -0.3 is 30.8 Å². The van der Waals surface area contributed by atoms with Crippen LogP contribution in [0.5, 0.6) is 0 Å². The van der Waals surface area contributed by atoms with E-state index in [1.54, 1.807) is 6.08 Å². The number of amides is 2. The normalized spacial score (nSPS) is 21.0. The Bertz CT molecular complexity index is 1540. The predicted octanol–water partition coefficient (Wildman–Crippen LogP) is 4.26. The van der Waals surface area contributed by atoms with E-state index in [2.05, 4.69) is 34.1 Å². The maximum atomic E-state index is 12.4. The summed E-state index contributed by atoms with van der Waals surface area (Å²) in [6, 6.07) is -0.203. The Morgan fingerprint density at radius 3 is 2.09 bits per heavy atom. The minimum Gasteiger partial charge on any atom is -0.481 e. The van der Waals surface area contributed by atoms with Gasteiger partial charge in [0.2, 0.25) is 5.91 Å². The second-order valence-corrected chi connectivity index (χ2v) is 11.7. The van der Waals surface area contributed by atoms with E-state index in [1.807, 2.05) is 33.8 Å². The number of hydrogen-bond donors (Lipinski definition) is 6. The Kier molecular flexibility index (Phi) is 9.47. The molecular formula is C33H42N4O6. The van der Waals surface area contributed by atoms with E-state index in [1.165, 1.54) is 0 Å². The number of H-pyrrole nitrogens is 2. The van der Waals surface area contributed by atoms with Gasteiger partial charge in [0.25, 0.3) is 5.91 Å². The van der Waals surface area contributed by atoms with Gasteiger partial charge in [0.15, 0.2) is 0 Å². The molecule has 0 spiro atoms. The Morgan fingerprint density at radius 1 is 0.930 bits per heavy atom. The molecule has 4 rings (SSSR count). The molecule has 0 radical (unpaired) electrons. The van der Waals surface area contributed by atoms with Gasteiger partial charge in [-0.15, -0.1) is 0 Å². The SMILES string of the molecule is C=CC1=C(C)[C@@H](Cc2[nH]c(Cc3[nH]c(/C=C4/NC(=O)[C@H](C)[C@H]4CC)c(C)c3CCC(=O)O)c(CCC(=O)O)c2C)NC1=O. The summed E-state index contributed by atoms with van der Waals surface area (Å²) in [5.41, 5.74) is 9.46. The first kappa shape index (κ1) is 31.6. The zero-order valence-electron chi connectivity index (χ0n) is 25.6. The lowest BCUT2D eigenvalue weighted by Crippen LogP contribution is -2.30. The van der Waals surface area contributed by atoms with Crippen LogP contribution >= 0.6 is 0 Å². The maximum absolute atomic E-state index is 12.4. The monoisotopic (exact) mass is 590 g/mol. The van der Waals surface area contributed by atoms with Crippen LogP contribution in [-0.4, -0.2) is 50.0 Å². The van der Waals surface area contributed by atoms with Crippen molar-refractivity contribution < 1.29 is 29.4 Å². The molecule has 2 aromatic rings. The van der Waals surface area contributed by atoms with Crippen molar-refractivity contribution in [3.8, 4) is 0 Å². The molecule has 0 aliphatic carbocycles. The van der Waals surface area contributed by atoms with Crippen LogP contribution in [0.15, 0.2) is 29.5 Å². The van der Waals surface area contributed by atoms with Gasteiger partial charge in [-0.25, -0.2) is 0 Å². The minimum absolute atomic E-state index is 0.00478. The molecule has 10 heteroatoms. The van der Waals surface area contributed by atoms with E-state index in [9.17, 15) is 29.4 Å². The van der Waals surface area contributed by atoms with Crippen molar-refractivity contribution in [3.63, 3.8) is 0 Å². The topological polar surface area (TPSA) is 164 Å². The van der Waals surface area contributed by atoms with Crippen molar-refractivity contribution in [2.24, 2.45) is 11.8 Å². The minimum atomic E-state index is -0.893. The number of allylic oxidation sites excluding steroid dienone is 1. The van der Waals surface area contributed by atoms with Crippen LogP contribution in [0.4, 0.5) is 0 Å². The van der Waals surface area contributed by atoms with Gasteiger partial charge in [-0.2, -0.15) is 0 Å². The van der Waals surface area contributed by atoms with Crippen LogP contribution in [0.1, 0.15) is 85.1 Å². The number of carbonyl (C=O) groups excluding carboxylic acids is 2. The predicted molar refractivity (Wildman–Crippen MR) is 163 cm³/mol. The molecule has 10 nitrogen and oxygen atoms in total. The third-order valence-electron chi connectivity index (χ3n) is 9.14. The van der Waals surface area contributed by atoms with E-state index < -0.39 is 11.9 Å². The van der Waals surface area contributed by atoms with E-state index in [0.29, 0.717) is 31.3 Å². The molecular weight excluding hydrogens is 548 g/mol. The molecule has 43 heavy (non-hydrogen) atoms. The quantitative estimate of drug-likeness (QED) is 0.204. The van der Waals surface area contributed by atoms with E-state index >= 15 is 0 Å². The Hall–Kier alpha value is -4.34. The zero-order valence-corrected chi connectivity index (χ0v) is 25.6. The summed E-state index contributed by atoms with van der Waals surface area (Å²) in [6.45, 7) is 13.6. The summed E-state index contributed by atoms with van der Waals surface area (Å²) in [5.74, 6) is -1.99. The van der Waals surface area contributed by atoms with Crippen molar-refractivity contribution in [2.75, 3.05) is 0 Å². The molecule has 2 aliphatic rings. The van der Waals surface area contributed by atoms with Gasteiger partial charge >= 0.3 is 11.9 Å². The summed E-state index contributed by atoms with van der Waals surface area (Å²) in [6.07, 6.45) is 5.87. The van der Waals surface area contributed by atoms with Crippen molar-refractivity contribution in [1.82, 2.24) is 20.6 Å². The van der Waals surface area contributed by atoms with Crippen LogP contribution in [0, 0.1) is 25.7 Å². The first-order valence-corrected chi connectivity index (χ1v) is 14.9. The highest BCUT2D eigenvalue weighted by molar-refractivity contribution is 6.00. The molecule has 0 unspecified atom stereocenters. The molecule has 1 saturated heterocycles. The first-order chi connectivity index (χ1) is 20.4. The number of carboxylic acid groups (broad SMARTS) is 2. The second kappa shape index (κ2) is 12.9. The highest BCUT2D eigenvalue weighted by atomic mass is 16.4. The van der Waals surface area contributed by atoms with Crippen LogP contribution in [0.25, 0.3) is 6.08 Å². The third kappa shape index (κ3) is 6.53. The fourth-order valence-electron chi connectivity index (χ4n) is 6.49. The number of aliphatic carboxylic acids is 2. The molecule has 2 aromatic heterocycles. The maximum Gasteiger partial charge on any atom is 0.303 e. The lowest BCUT2D eigenvalue weighted by Gasteiger charge is -2.12. The van der Waals surface area contributed by atoms with Crippen LogP contribution in [0.2, 0.25) is 0 Å². The number of hydrogen-bond acceptors (Lipinski definition) is 4. The lowest BCUT2D eigenvalue weighted by atomic mass is 9.92. The van der Waals surface area contributed by atoms with Crippen LogP contribution in [-0.2, 0) is 44.9 Å². The largest absolute Gasteiger partial charge is 0.481 e. The van der Waals surface area contributed by atoms with Crippen LogP contribution in [0.3, 0.4) is 0 Å². The third-order valence-corrected chi connectivity index (χ3v) is 9.14. The fourth-order valence-corrected chi connectivity index (χ4v) is 6.49. The molecule has 1 fully saturated rings. The molecule has 230 valence electrons. The molecule has 0 aromatic carbocycles. The van der Waals surface area contributed by atoms with Gasteiger partial charge in [0.1, 0.15) is 0 Å². The number of carbonyl (C=O) groups is 4. The molecule has 2 aliphatic heterocycles. The van der Waals surface area contributed by atoms with Gasteiger partial charge in [0, 0.05) is 71.6 Å². The summed E-state index contributed by atoms with van der Waals surface area (Å²) < 4.78 is 0. The zero-order chi connectivity index (χ0) is 31.6. The summed E-state index contributed by atoms with van der Waals surface area (Å²) >= 11 is 0. The summed E-state index contributed by atoms with van der Waals surface area (Å²) in [4.78, 5) is 54.9. The molecule has 4 heterocycles. The standard InChI is InChI=1S/C33H42N4O6/c1-7-20-19(6)32(42)37-27(20)14-25-18(5)23(10-12-31(40)41)29(35-25)15-28-22(9-11-30(38)39)17(4)24(34-28)13-26-16(3)21(8-2)33(43)36-26/h8,14,19-20,26,34-35H,2,7,9-13,15H2,1,3-6H3,(H,36,43)(H,37,42)(H,38,39)(H,40,41)/b27-14+/t19-,20-,26-/m1/s1. The Labute approximate surface area is 251 Å². The summed E-state index contributed by atoms with van der Waals surface area (Å²) in [7, 11) is 0. The molecule has 0 bridgehead atoms.